The van der Waals surface area contributed by atoms with Crippen LogP contribution in [0.5, 0.6) is 0 Å². The molecule has 0 saturated heterocycles. The van der Waals surface area contributed by atoms with Gasteiger partial charge in [0.2, 0.25) is 0 Å². The molecular weight excluding hydrogens is 220 g/mol. The molecule has 0 radical (unpaired) electrons. The van der Waals surface area contributed by atoms with Crippen LogP contribution in [-0.4, -0.2) is 32.6 Å². The molecule has 6 nitrogen and oxygen atoms in total. The molecule has 2 aromatic rings. The first-order valence-corrected chi connectivity index (χ1v) is 5.24. The number of rotatable bonds is 3. The molecule has 0 saturated carbocycles. The van der Waals surface area contributed by atoms with E-state index in [0.29, 0.717) is 12.3 Å². The summed E-state index contributed by atoms with van der Waals surface area (Å²) in [5.41, 5.74) is 1.63. The first-order valence-electron chi connectivity index (χ1n) is 5.24. The first kappa shape index (κ1) is 11.3. The fourth-order valence-corrected chi connectivity index (χ4v) is 1.44. The summed E-state index contributed by atoms with van der Waals surface area (Å²) in [5, 5.41) is 7.74. The zero-order valence-corrected chi connectivity index (χ0v) is 9.62. The van der Waals surface area contributed by atoms with Crippen LogP contribution < -0.4 is 0 Å². The number of aromatic nitrogens is 4. The highest BCUT2D eigenvalue weighted by molar-refractivity contribution is 5.88. The van der Waals surface area contributed by atoms with E-state index in [1.807, 2.05) is 6.07 Å². The molecule has 0 fully saturated rings. The highest BCUT2D eigenvalue weighted by Gasteiger charge is 2.18. The summed E-state index contributed by atoms with van der Waals surface area (Å²) in [5.74, 6) is -0.458. The monoisotopic (exact) mass is 232 g/mol. The predicted octanol–water partition coefficient (Wildman–Crippen LogP) is 1.15. The van der Waals surface area contributed by atoms with Gasteiger partial charge in [-0.1, -0.05) is 5.21 Å². The third-order valence-corrected chi connectivity index (χ3v) is 2.25. The van der Waals surface area contributed by atoms with Crippen LogP contribution in [0.3, 0.4) is 0 Å². The number of hydrogen-bond acceptors (Lipinski definition) is 5. The van der Waals surface area contributed by atoms with E-state index in [4.69, 9.17) is 4.74 Å². The number of hydrogen-bond donors (Lipinski definition) is 0. The van der Waals surface area contributed by atoms with Crippen molar-refractivity contribution in [2.75, 3.05) is 6.61 Å². The Labute approximate surface area is 98.2 Å². The Morgan fingerprint density at radius 1 is 1.53 bits per heavy atom. The zero-order valence-electron chi connectivity index (χ0n) is 9.62. The fraction of sp³-hybridized carbons (Fsp3) is 0.273. The number of pyridine rings is 1. The summed E-state index contributed by atoms with van der Waals surface area (Å²) in [6, 6.07) is 3.63. The Kier molecular flexibility index (Phi) is 3.13. The number of carbonyl (C=O) groups excluding carboxylic acids is 1. The van der Waals surface area contributed by atoms with Gasteiger partial charge >= 0.3 is 5.97 Å². The molecule has 0 bridgehead atoms. The van der Waals surface area contributed by atoms with Gasteiger partial charge in [0.05, 0.1) is 24.2 Å². The van der Waals surface area contributed by atoms with Gasteiger partial charge in [0, 0.05) is 6.20 Å². The van der Waals surface area contributed by atoms with Crippen molar-refractivity contribution in [3.05, 3.63) is 35.9 Å². The molecule has 0 N–H and O–H groups in total. The van der Waals surface area contributed by atoms with E-state index in [1.54, 1.807) is 37.0 Å². The molecule has 17 heavy (non-hydrogen) atoms. The van der Waals surface area contributed by atoms with Gasteiger partial charge in [0.15, 0.2) is 5.69 Å². The van der Waals surface area contributed by atoms with Gasteiger partial charge in [-0.15, -0.1) is 5.10 Å². The lowest BCUT2D eigenvalue weighted by Gasteiger charge is -2.02. The largest absolute Gasteiger partial charge is 0.461 e. The third kappa shape index (κ3) is 2.15. The molecule has 0 aromatic carbocycles. The Bertz CT molecular complexity index is 522. The van der Waals surface area contributed by atoms with Crippen molar-refractivity contribution < 1.29 is 9.53 Å². The maximum absolute atomic E-state index is 11.6. The number of ether oxygens (including phenoxy) is 1. The Morgan fingerprint density at radius 2 is 2.35 bits per heavy atom. The highest BCUT2D eigenvalue weighted by atomic mass is 16.5. The van der Waals surface area contributed by atoms with Crippen LogP contribution in [0.15, 0.2) is 24.5 Å². The van der Waals surface area contributed by atoms with E-state index in [0.717, 1.165) is 5.69 Å². The van der Waals surface area contributed by atoms with Crippen LogP contribution in [-0.2, 0) is 4.74 Å². The molecule has 0 aliphatic rings. The maximum atomic E-state index is 11.6. The Morgan fingerprint density at radius 3 is 3.00 bits per heavy atom. The topological polar surface area (TPSA) is 69.9 Å². The van der Waals surface area contributed by atoms with Crippen LogP contribution in [0.4, 0.5) is 0 Å². The lowest BCUT2D eigenvalue weighted by atomic mass is 10.3. The molecule has 2 aromatic heterocycles. The summed E-state index contributed by atoms with van der Waals surface area (Å²) in [7, 11) is 0. The molecule has 2 rings (SSSR count). The predicted molar refractivity (Wildman–Crippen MR) is 59.8 cm³/mol. The highest BCUT2D eigenvalue weighted by Crippen LogP contribution is 2.11. The minimum absolute atomic E-state index is 0.232. The molecule has 0 aliphatic carbocycles. The molecular formula is C11H12N4O2. The lowest BCUT2D eigenvalue weighted by Crippen LogP contribution is -2.07. The normalized spacial score (nSPS) is 10.2. The van der Waals surface area contributed by atoms with Crippen LogP contribution in [0, 0.1) is 6.92 Å². The van der Waals surface area contributed by atoms with Crippen LogP contribution in [0.2, 0.25) is 0 Å². The van der Waals surface area contributed by atoms with Gasteiger partial charge < -0.3 is 4.74 Å². The van der Waals surface area contributed by atoms with E-state index < -0.39 is 5.97 Å². The average Bonchev–Trinajstić information content (AvgIpc) is 2.72. The van der Waals surface area contributed by atoms with E-state index in [2.05, 4.69) is 15.3 Å². The zero-order chi connectivity index (χ0) is 12.3. The molecule has 6 heteroatoms. The standard InChI is InChI=1S/C11H12N4O2/c1-3-17-11(16)10-8(2)15(14-13-10)9-5-4-6-12-7-9/h4-7H,3H2,1-2H3. The van der Waals surface area contributed by atoms with Crippen molar-refractivity contribution in [1.82, 2.24) is 20.0 Å². The van der Waals surface area contributed by atoms with E-state index in [-0.39, 0.29) is 5.69 Å². The molecule has 0 unspecified atom stereocenters. The summed E-state index contributed by atoms with van der Waals surface area (Å²) in [4.78, 5) is 15.5. The minimum Gasteiger partial charge on any atom is -0.461 e. The van der Waals surface area contributed by atoms with E-state index in [9.17, 15) is 4.79 Å². The van der Waals surface area contributed by atoms with E-state index in [1.165, 1.54) is 0 Å². The SMILES string of the molecule is CCOC(=O)c1nnn(-c2cccnc2)c1C. The first-order chi connectivity index (χ1) is 8.24. The maximum Gasteiger partial charge on any atom is 0.360 e. The van der Waals surface area contributed by atoms with Gasteiger partial charge in [-0.3, -0.25) is 4.98 Å². The quantitative estimate of drug-likeness (QED) is 0.742. The van der Waals surface area contributed by atoms with Crippen molar-refractivity contribution in [1.29, 1.82) is 0 Å². The Balaban J connectivity index is 2.37. The molecule has 0 amide bonds. The van der Waals surface area contributed by atoms with Crippen LogP contribution in [0.1, 0.15) is 23.1 Å². The van der Waals surface area contributed by atoms with Crippen LogP contribution >= 0.6 is 0 Å². The van der Waals surface area contributed by atoms with Gasteiger partial charge in [0.25, 0.3) is 0 Å². The van der Waals surface area contributed by atoms with Gasteiger partial charge in [0.1, 0.15) is 0 Å². The fourth-order valence-electron chi connectivity index (χ4n) is 1.44. The number of esters is 1. The average molecular weight is 232 g/mol. The van der Waals surface area contributed by atoms with Gasteiger partial charge in [-0.2, -0.15) is 0 Å². The molecule has 0 spiro atoms. The molecule has 0 atom stereocenters. The smallest absolute Gasteiger partial charge is 0.360 e. The van der Waals surface area contributed by atoms with Crippen molar-refractivity contribution in [3.63, 3.8) is 0 Å². The van der Waals surface area contributed by atoms with Crippen molar-refractivity contribution >= 4 is 5.97 Å². The minimum atomic E-state index is -0.458. The molecule has 2 heterocycles. The second-order valence-corrected chi connectivity index (χ2v) is 3.37. The number of carbonyl (C=O) groups is 1. The second-order valence-electron chi connectivity index (χ2n) is 3.37. The summed E-state index contributed by atoms with van der Waals surface area (Å²) >= 11 is 0. The van der Waals surface area contributed by atoms with Crippen molar-refractivity contribution in [2.24, 2.45) is 0 Å². The summed E-state index contributed by atoms with van der Waals surface area (Å²) in [6.07, 6.45) is 3.32. The second kappa shape index (κ2) is 4.73. The van der Waals surface area contributed by atoms with Gasteiger partial charge in [-0.25, -0.2) is 9.48 Å². The summed E-state index contributed by atoms with van der Waals surface area (Å²) < 4.78 is 6.44. The molecule has 0 aliphatic heterocycles. The van der Waals surface area contributed by atoms with Crippen LogP contribution in [0.25, 0.3) is 5.69 Å². The lowest BCUT2D eigenvalue weighted by molar-refractivity contribution is 0.0518. The Hall–Kier alpha value is -2.24. The third-order valence-electron chi connectivity index (χ3n) is 2.25. The van der Waals surface area contributed by atoms with E-state index >= 15 is 0 Å². The van der Waals surface area contributed by atoms with Crippen molar-refractivity contribution in [3.8, 4) is 5.69 Å². The van der Waals surface area contributed by atoms with Gasteiger partial charge in [-0.05, 0) is 26.0 Å². The molecule has 88 valence electrons. The number of nitrogens with zero attached hydrogens (tertiary/aromatic N) is 4. The summed E-state index contributed by atoms with van der Waals surface area (Å²) in [6.45, 7) is 3.83. The van der Waals surface area contributed by atoms with Crippen molar-refractivity contribution in [2.45, 2.75) is 13.8 Å².